The Bertz CT molecular complexity index is 337. The van der Waals surface area contributed by atoms with Gasteiger partial charge in [-0.3, -0.25) is 0 Å². The molecule has 0 fully saturated rings. The fourth-order valence-electron chi connectivity index (χ4n) is 1.44. The fourth-order valence-corrected chi connectivity index (χ4v) is 1.44. The Hall–Kier alpha value is -1.32. The fraction of sp³-hybridized carbons (Fsp3) is 0.714. The van der Waals surface area contributed by atoms with Crippen molar-refractivity contribution in [1.29, 1.82) is 0 Å². The molecule has 0 aliphatic rings. The second-order valence-corrected chi connectivity index (χ2v) is 5.66. The molecule has 0 aliphatic heterocycles. The number of rotatable bonds is 4. The number of hydrogen-bond acceptors (Lipinski definition) is 2. The zero-order chi connectivity index (χ0) is 14.4. The molecular weight excluding hydrogens is 228 g/mol. The van der Waals surface area contributed by atoms with Gasteiger partial charge in [-0.2, -0.15) is 0 Å². The minimum atomic E-state index is -0.500. The molecule has 0 saturated heterocycles. The van der Waals surface area contributed by atoms with Crippen molar-refractivity contribution in [2.75, 3.05) is 0 Å². The summed E-state index contributed by atoms with van der Waals surface area (Å²) < 4.78 is 4.62. The van der Waals surface area contributed by atoms with Gasteiger partial charge in [-0.05, 0) is 40.5 Å². The van der Waals surface area contributed by atoms with Crippen LogP contribution in [0.3, 0.4) is 0 Å². The predicted octanol–water partition coefficient (Wildman–Crippen LogP) is 1.43. The molecule has 0 atom stereocenters. The Balaban J connectivity index is 0.000000873. The first-order chi connectivity index (χ1) is 8.25. The zero-order valence-electron chi connectivity index (χ0n) is 12.4. The van der Waals surface area contributed by atoms with Crippen molar-refractivity contribution in [2.24, 2.45) is 0 Å². The first-order valence-corrected chi connectivity index (χ1v) is 6.41. The molecule has 0 aliphatic carbocycles. The van der Waals surface area contributed by atoms with Gasteiger partial charge in [-0.1, -0.05) is 13.8 Å². The number of carbonyl (C=O) groups is 1. The Morgan fingerprint density at radius 3 is 2.11 bits per heavy atom. The van der Waals surface area contributed by atoms with Gasteiger partial charge < -0.3 is 9.90 Å². The molecule has 104 valence electrons. The van der Waals surface area contributed by atoms with E-state index >= 15 is 0 Å². The van der Waals surface area contributed by atoms with E-state index in [-0.39, 0.29) is 11.1 Å². The van der Waals surface area contributed by atoms with Crippen molar-refractivity contribution in [2.45, 2.75) is 65.5 Å². The minimum absolute atomic E-state index is 0.217. The average Bonchev–Trinajstić information content (AvgIpc) is 2.80. The molecule has 0 spiro atoms. The van der Waals surface area contributed by atoms with Crippen LogP contribution in [0.25, 0.3) is 0 Å². The molecule has 18 heavy (non-hydrogen) atoms. The van der Waals surface area contributed by atoms with Crippen LogP contribution in [0.5, 0.6) is 0 Å². The highest BCUT2D eigenvalue weighted by Gasteiger charge is 2.28. The summed E-state index contributed by atoms with van der Waals surface area (Å²) in [6.45, 7) is 13.1. The number of carboxylic acid groups (broad SMARTS) is 1. The van der Waals surface area contributed by atoms with E-state index in [1.807, 2.05) is 0 Å². The van der Waals surface area contributed by atoms with Crippen LogP contribution in [-0.2, 0) is 15.9 Å². The van der Waals surface area contributed by atoms with Crippen molar-refractivity contribution < 1.29 is 14.5 Å². The summed E-state index contributed by atoms with van der Waals surface area (Å²) in [4.78, 5) is 8.25. The van der Waals surface area contributed by atoms with Gasteiger partial charge in [0, 0.05) is 6.47 Å². The van der Waals surface area contributed by atoms with Crippen LogP contribution in [0.2, 0.25) is 0 Å². The SMILES string of the molecule is CCC(C)(C)n1cc[n+](C(C)(C)CC)c1.O=C[O-]. The lowest BCUT2D eigenvalue weighted by Gasteiger charge is -2.21. The molecule has 0 N–H and O–H groups in total. The monoisotopic (exact) mass is 254 g/mol. The first-order valence-electron chi connectivity index (χ1n) is 6.41. The van der Waals surface area contributed by atoms with E-state index in [2.05, 4.69) is 69.4 Å². The highest BCUT2D eigenvalue weighted by molar-refractivity contribution is 5.29. The molecule has 0 radical (unpaired) electrons. The summed E-state index contributed by atoms with van der Waals surface area (Å²) in [5, 5.41) is 8.25. The summed E-state index contributed by atoms with van der Waals surface area (Å²) in [5.74, 6) is 0. The molecule has 4 heteroatoms. The molecule has 0 aromatic carbocycles. The zero-order valence-corrected chi connectivity index (χ0v) is 12.4. The number of hydrogen-bond donors (Lipinski definition) is 0. The Morgan fingerprint density at radius 1 is 1.22 bits per heavy atom. The Morgan fingerprint density at radius 2 is 1.72 bits per heavy atom. The van der Waals surface area contributed by atoms with Gasteiger partial charge in [-0.25, -0.2) is 9.13 Å². The third-order valence-corrected chi connectivity index (χ3v) is 3.77. The molecule has 0 unspecified atom stereocenters. The number of imidazole rings is 1. The highest BCUT2D eigenvalue weighted by Crippen LogP contribution is 2.19. The van der Waals surface area contributed by atoms with E-state index in [0.717, 1.165) is 12.8 Å². The maximum Gasteiger partial charge on any atom is 0.244 e. The normalized spacial score (nSPS) is 11.7. The van der Waals surface area contributed by atoms with Gasteiger partial charge in [0.2, 0.25) is 6.33 Å². The predicted molar refractivity (Wildman–Crippen MR) is 69.9 cm³/mol. The summed E-state index contributed by atoms with van der Waals surface area (Å²) in [5.41, 5.74) is 0.435. The van der Waals surface area contributed by atoms with Gasteiger partial charge in [0.05, 0.1) is 0 Å². The molecular formula is C14H26N2O2. The van der Waals surface area contributed by atoms with Crippen LogP contribution in [0, 0.1) is 0 Å². The third kappa shape index (κ3) is 4.17. The van der Waals surface area contributed by atoms with Crippen molar-refractivity contribution in [1.82, 2.24) is 4.57 Å². The molecule has 4 nitrogen and oxygen atoms in total. The first kappa shape index (κ1) is 16.7. The summed E-state index contributed by atoms with van der Waals surface area (Å²) >= 11 is 0. The van der Waals surface area contributed by atoms with Gasteiger partial charge in [0.25, 0.3) is 0 Å². The third-order valence-electron chi connectivity index (χ3n) is 3.77. The molecule has 0 amide bonds. The molecule has 1 aromatic rings. The molecule has 0 saturated carbocycles. The second-order valence-electron chi connectivity index (χ2n) is 5.66. The Labute approximate surface area is 110 Å². The van der Waals surface area contributed by atoms with Crippen LogP contribution in [0.15, 0.2) is 18.7 Å². The van der Waals surface area contributed by atoms with Crippen LogP contribution >= 0.6 is 0 Å². The van der Waals surface area contributed by atoms with Crippen molar-refractivity contribution in [3.63, 3.8) is 0 Å². The standard InChI is InChI=1S/C13H25N2.CH2O2/c1-7-12(3,4)14-9-10-15(11-14)13(5,6)8-2;2-1-3/h9-11H,7-8H2,1-6H3;1H,(H,2,3)/q+1;/p-1. The van der Waals surface area contributed by atoms with Gasteiger partial charge in [0.1, 0.15) is 23.5 Å². The number of aromatic nitrogens is 2. The van der Waals surface area contributed by atoms with E-state index in [9.17, 15) is 0 Å². The highest BCUT2D eigenvalue weighted by atomic mass is 16.3. The summed E-state index contributed by atoms with van der Waals surface area (Å²) in [7, 11) is 0. The van der Waals surface area contributed by atoms with Crippen molar-refractivity contribution in [3.05, 3.63) is 18.7 Å². The summed E-state index contributed by atoms with van der Waals surface area (Å²) in [6, 6.07) is 0. The van der Waals surface area contributed by atoms with E-state index < -0.39 is 6.47 Å². The quantitative estimate of drug-likeness (QED) is 0.603. The van der Waals surface area contributed by atoms with Crippen LogP contribution in [0.1, 0.15) is 54.4 Å². The minimum Gasteiger partial charge on any atom is -0.554 e. The van der Waals surface area contributed by atoms with Crippen LogP contribution < -0.4 is 9.67 Å². The maximum absolute atomic E-state index is 8.25. The number of nitrogens with zero attached hydrogens (tertiary/aromatic N) is 2. The van der Waals surface area contributed by atoms with Crippen LogP contribution in [-0.4, -0.2) is 11.0 Å². The summed E-state index contributed by atoms with van der Waals surface area (Å²) in [6.07, 6.45) is 8.89. The van der Waals surface area contributed by atoms with Gasteiger partial charge in [0.15, 0.2) is 0 Å². The average molecular weight is 254 g/mol. The lowest BCUT2D eigenvalue weighted by Crippen LogP contribution is -2.50. The molecule has 0 bridgehead atoms. The smallest absolute Gasteiger partial charge is 0.244 e. The molecule has 1 heterocycles. The van der Waals surface area contributed by atoms with Crippen LogP contribution in [0.4, 0.5) is 0 Å². The van der Waals surface area contributed by atoms with E-state index in [1.54, 1.807) is 0 Å². The molecule has 1 rings (SSSR count). The Kier molecular flexibility index (Phi) is 6.09. The van der Waals surface area contributed by atoms with E-state index in [1.165, 1.54) is 0 Å². The maximum atomic E-state index is 8.25. The van der Waals surface area contributed by atoms with E-state index in [4.69, 9.17) is 9.90 Å². The van der Waals surface area contributed by atoms with E-state index in [0.29, 0.717) is 0 Å². The molecule has 1 aromatic heterocycles. The largest absolute Gasteiger partial charge is 0.554 e. The number of carbonyl (C=O) groups excluding carboxylic acids is 1. The second kappa shape index (κ2) is 6.57. The van der Waals surface area contributed by atoms with Crippen molar-refractivity contribution in [3.8, 4) is 0 Å². The van der Waals surface area contributed by atoms with Gasteiger partial charge >= 0.3 is 0 Å². The lowest BCUT2D eigenvalue weighted by atomic mass is 10.0. The van der Waals surface area contributed by atoms with Gasteiger partial charge in [-0.15, -0.1) is 0 Å². The van der Waals surface area contributed by atoms with Crippen molar-refractivity contribution >= 4 is 6.47 Å². The topological polar surface area (TPSA) is 48.9 Å². The lowest BCUT2D eigenvalue weighted by molar-refractivity contribution is -0.758.